The molecule has 0 aliphatic heterocycles. The topological polar surface area (TPSA) is 16.1 Å². The fourth-order valence-electron chi connectivity index (χ4n) is 1.95. The van der Waals surface area contributed by atoms with Crippen LogP contribution in [-0.4, -0.2) is 16.9 Å². The third-order valence-corrected chi connectivity index (χ3v) is 3.12. The summed E-state index contributed by atoms with van der Waals surface area (Å²) < 4.78 is 0. The fourth-order valence-corrected chi connectivity index (χ4v) is 2.13. The lowest BCUT2D eigenvalue weighted by molar-refractivity contribution is 0.314. The highest BCUT2D eigenvalue weighted by Crippen LogP contribution is 2.12. The molecule has 0 atom stereocenters. The van der Waals surface area contributed by atoms with Gasteiger partial charge in [0, 0.05) is 13.1 Å². The van der Waals surface area contributed by atoms with Crippen LogP contribution in [0.1, 0.15) is 16.8 Å². The van der Waals surface area contributed by atoms with Crippen molar-refractivity contribution in [2.45, 2.75) is 20.0 Å². The predicted molar refractivity (Wildman–Crippen MR) is 75.6 cm³/mol. The Morgan fingerprint density at radius 1 is 1.06 bits per heavy atom. The van der Waals surface area contributed by atoms with E-state index in [1.165, 1.54) is 11.1 Å². The minimum Gasteiger partial charge on any atom is -0.296 e. The van der Waals surface area contributed by atoms with Gasteiger partial charge in [-0.15, -0.1) is 0 Å². The summed E-state index contributed by atoms with van der Waals surface area (Å²) in [5, 5.41) is 0.553. The molecule has 0 amide bonds. The van der Waals surface area contributed by atoms with E-state index < -0.39 is 0 Å². The van der Waals surface area contributed by atoms with Crippen molar-refractivity contribution in [1.82, 2.24) is 9.88 Å². The van der Waals surface area contributed by atoms with Gasteiger partial charge in [-0.1, -0.05) is 41.9 Å². The van der Waals surface area contributed by atoms with Crippen LogP contribution in [-0.2, 0) is 13.1 Å². The summed E-state index contributed by atoms with van der Waals surface area (Å²) >= 11 is 5.88. The summed E-state index contributed by atoms with van der Waals surface area (Å²) in [6, 6.07) is 14.2. The van der Waals surface area contributed by atoms with Gasteiger partial charge >= 0.3 is 0 Å². The van der Waals surface area contributed by atoms with E-state index in [-0.39, 0.29) is 0 Å². The van der Waals surface area contributed by atoms with Crippen LogP contribution in [0, 0.1) is 6.92 Å². The second-order valence-corrected chi connectivity index (χ2v) is 4.94. The number of aryl methyl sites for hydroxylation is 1. The van der Waals surface area contributed by atoms with Gasteiger partial charge in [-0.05, 0) is 37.2 Å². The third kappa shape index (κ3) is 3.56. The molecule has 0 radical (unpaired) electrons. The van der Waals surface area contributed by atoms with Gasteiger partial charge in [0.2, 0.25) is 0 Å². The molecule has 3 heteroatoms. The van der Waals surface area contributed by atoms with Gasteiger partial charge in [-0.3, -0.25) is 4.90 Å². The molecular formula is C15H17ClN2. The smallest absolute Gasteiger partial charge is 0.129 e. The fraction of sp³-hybridized carbons (Fsp3) is 0.267. The Balaban J connectivity index is 2.01. The number of benzene rings is 1. The van der Waals surface area contributed by atoms with Gasteiger partial charge in [0.25, 0.3) is 0 Å². The lowest BCUT2D eigenvalue weighted by Gasteiger charge is -2.17. The molecule has 0 spiro atoms. The number of rotatable bonds is 4. The zero-order valence-corrected chi connectivity index (χ0v) is 11.5. The largest absolute Gasteiger partial charge is 0.296 e. The molecule has 0 saturated heterocycles. The van der Waals surface area contributed by atoms with Crippen molar-refractivity contribution in [3.8, 4) is 0 Å². The van der Waals surface area contributed by atoms with Crippen molar-refractivity contribution in [1.29, 1.82) is 0 Å². The molecule has 0 aliphatic rings. The van der Waals surface area contributed by atoms with Crippen LogP contribution >= 0.6 is 11.6 Å². The van der Waals surface area contributed by atoms with Crippen molar-refractivity contribution < 1.29 is 0 Å². The van der Waals surface area contributed by atoms with E-state index in [0.717, 1.165) is 18.8 Å². The molecule has 0 saturated carbocycles. The summed E-state index contributed by atoms with van der Waals surface area (Å²) in [5.74, 6) is 0. The average Bonchev–Trinajstić information content (AvgIpc) is 2.32. The highest BCUT2D eigenvalue weighted by molar-refractivity contribution is 6.29. The van der Waals surface area contributed by atoms with Gasteiger partial charge in [-0.25, -0.2) is 4.98 Å². The Labute approximate surface area is 113 Å². The average molecular weight is 261 g/mol. The van der Waals surface area contributed by atoms with E-state index in [4.69, 9.17) is 11.6 Å². The van der Waals surface area contributed by atoms with E-state index in [2.05, 4.69) is 48.1 Å². The molecule has 1 aromatic heterocycles. The molecule has 2 aromatic rings. The number of pyridine rings is 1. The summed E-state index contributed by atoms with van der Waals surface area (Å²) in [6.45, 7) is 3.86. The van der Waals surface area contributed by atoms with Gasteiger partial charge in [-0.2, -0.15) is 0 Å². The number of halogens is 1. The maximum atomic E-state index is 5.88. The predicted octanol–water partition coefficient (Wildman–Crippen LogP) is 3.68. The normalized spacial score (nSPS) is 10.9. The molecule has 0 N–H and O–H groups in total. The maximum Gasteiger partial charge on any atom is 0.129 e. The van der Waals surface area contributed by atoms with Gasteiger partial charge in [0.05, 0.1) is 5.69 Å². The minimum absolute atomic E-state index is 0.553. The zero-order valence-electron chi connectivity index (χ0n) is 10.7. The summed E-state index contributed by atoms with van der Waals surface area (Å²) in [6.07, 6.45) is 0. The summed E-state index contributed by atoms with van der Waals surface area (Å²) in [5.41, 5.74) is 3.67. The number of nitrogens with zero attached hydrogens (tertiary/aromatic N) is 2. The first-order valence-corrected chi connectivity index (χ1v) is 6.37. The minimum atomic E-state index is 0.553. The van der Waals surface area contributed by atoms with Gasteiger partial charge in [0.15, 0.2) is 0 Å². The molecule has 2 rings (SSSR count). The second-order valence-electron chi connectivity index (χ2n) is 4.55. The molecule has 0 aliphatic carbocycles. The molecule has 0 bridgehead atoms. The van der Waals surface area contributed by atoms with Gasteiger partial charge < -0.3 is 0 Å². The molecular weight excluding hydrogens is 244 g/mol. The Morgan fingerprint density at radius 3 is 2.56 bits per heavy atom. The molecule has 94 valence electrons. The molecule has 18 heavy (non-hydrogen) atoms. The van der Waals surface area contributed by atoms with E-state index in [1.54, 1.807) is 6.07 Å². The SMILES string of the molecule is Cc1ccccc1CN(C)Cc1cccc(Cl)n1. The monoisotopic (exact) mass is 260 g/mol. The van der Waals surface area contributed by atoms with Crippen molar-refractivity contribution in [3.05, 3.63) is 64.4 Å². The van der Waals surface area contributed by atoms with E-state index in [0.29, 0.717) is 5.15 Å². The summed E-state index contributed by atoms with van der Waals surface area (Å²) in [4.78, 5) is 6.54. The molecule has 0 unspecified atom stereocenters. The second kappa shape index (κ2) is 5.98. The number of hydrogen-bond donors (Lipinski definition) is 0. The lowest BCUT2D eigenvalue weighted by atomic mass is 10.1. The van der Waals surface area contributed by atoms with Crippen LogP contribution < -0.4 is 0 Å². The van der Waals surface area contributed by atoms with Crippen molar-refractivity contribution in [3.63, 3.8) is 0 Å². The van der Waals surface area contributed by atoms with E-state index in [1.807, 2.05) is 12.1 Å². The molecule has 2 nitrogen and oxygen atoms in total. The van der Waals surface area contributed by atoms with E-state index >= 15 is 0 Å². The highest BCUT2D eigenvalue weighted by atomic mass is 35.5. The third-order valence-electron chi connectivity index (χ3n) is 2.91. The lowest BCUT2D eigenvalue weighted by Crippen LogP contribution is -2.18. The Kier molecular flexibility index (Phi) is 4.34. The molecule has 1 heterocycles. The Hall–Kier alpha value is -1.38. The van der Waals surface area contributed by atoms with Crippen LogP contribution in [0.5, 0.6) is 0 Å². The van der Waals surface area contributed by atoms with E-state index in [9.17, 15) is 0 Å². The first-order valence-electron chi connectivity index (χ1n) is 5.99. The first kappa shape index (κ1) is 13.1. The first-order chi connectivity index (χ1) is 8.65. The number of hydrogen-bond acceptors (Lipinski definition) is 2. The quantitative estimate of drug-likeness (QED) is 0.780. The maximum absolute atomic E-state index is 5.88. The van der Waals surface area contributed by atoms with Crippen LogP contribution in [0.3, 0.4) is 0 Å². The molecule has 1 aromatic carbocycles. The standard InChI is InChI=1S/C15H17ClN2/c1-12-6-3-4-7-13(12)10-18(2)11-14-8-5-9-15(16)17-14/h3-9H,10-11H2,1-2H3. The number of aromatic nitrogens is 1. The van der Waals surface area contributed by atoms with Crippen molar-refractivity contribution >= 4 is 11.6 Å². The van der Waals surface area contributed by atoms with Crippen LogP contribution in [0.2, 0.25) is 5.15 Å². The van der Waals surface area contributed by atoms with Crippen molar-refractivity contribution in [2.24, 2.45) is 0 Å². The van der Waals surface area contributed by atoms with Crippen LogP contribution in [0.25, 0.3) is 0 Å². The zero-order chi connectivity index (χ0) is 13.0. The van der Waals surface area contributed by atoms with Crippen LogP contribution in [0.15, 0.2) is 42.5 Å². The molecule has 0 fully saturated rings. The summed E-state index contributed by atoms with van der Waals surface area (Å²) in [7, 11) is 2.09. The van der Waals surface area contributed by atoms with Crippen LogP contribution in [0.4, 0.5) is 0 Å². The van der Waals surface area contributed by atoms with Crippen molar-refractivity contribution in [2.75, 3.05) is 7.05 Å². The Morgan fingerprint density at radius 2 is 1.83 bits per heavy atom. The Bertz CT molecular complexity index is 525. The van der Waals surface area contributed by atoms with Gasteiger partial charge in [0.1, 0.15) is 5.15 Å². The highest BCUT2D eigenvalue weighted by Gasteiger charge is 2.04.